The highest BCUT2D eigenvalue weighted by Gasteiger charge is 2.20. The number of hydrogen-bond donors (Lipinski definition) is 2. The van der Waals surface area contributed by atoms with Gasteiger partial charge < -0.3 is 0 Å². The molecule has 0 spiro atoms. The predicted molar refractivity (Wildman–Crippen MR) is 99.4 cm³/mol. The highest BCUT2D eigenvalue weighted by atomic mass is 32.2. The van der Waals surface area contributed by atoms with Gasteiger partial charge in [0.2, 0.25) is 20.0 Å². The van der Waals surface area contributed by atoms with Gasteiger partial charge in [0.05, 0.1) is 14.7 Å². The highest BCUT2D eigenvalue weighted by Crippen LogP contribution is 2.21. The molecular weight excluding hydrogens is 394 g/mol. The third-order valence-electron chi connectivity index (χ3n) is 3.73. The summed E-state index contributed by atoms with van der Waals surface area (Å²) in [5, 5.41) is 10.9. The Morgan fingerprint density at radius 3 is 1.85 bits per heavy atom. The van der Waals surface area contributed by atoms with E-state index in [1.807, 2.05) is 6.92 Å². The molecule has 0 aliphatic carbocycles. The van der Waals surface area contributed by atoms with E-state index in [4.69, 9.17) is 0 Å². The molecule has 0 fully saturated rings. The lowest BCUT2D eigenvalue weighted by atomic mass is 10.2. The van der Waals surface area contributed by atoms with E-state index in [0.717, 1.165) is 11.6 Å². The quantitative estimate of drug-likeness (QED) is 0.382. The van der Waals surface area contributed by atoms with Crippen LogP contribution in [-0.2, 0) is 20.0 Å². The molecule has 0 unspecified atom stereocenters. The Kier molecular flexibility index (Phi) is 6.31. The van der Waals surface area contributed by atoms with Crippen molar-refractivity contribution in [1.82, 2.24) is 9.44 Å². The molecule has 0 heterocycles. The van der Waals surface area contributed by atoms with Gasteiger partial charge in [-0.25, -0.2) is 26.3 Å². The summed E-state index contributed by atoms with van der Waals surface area (Å²) in [5.74, 6) is 0. The van der Waals surface area contributed by atoms with Crippen molar-refractivity contribution in [3.05, 3.63) is 63.7 Å². The van der Waals surface area contributed by atoms with E-state index < -0.39 is 25.0 Å². The van der Waals surface area contributed by atoms with E-state index in [-0.39, 0.29) is 28.6 Å². The van der Waals surface area contributed by atoms with Gasteiger partial charge in [0.25, 0.3) is 5.69 Å². The van der Waals surface area contributed by atoms with Crippen molar-refractivity contribution in [3.8, 4) is 0 Å². The fourth-order valence-electron chi connectivity index (χ4n) is 2.21. The number of nitro groups is 1. The molecule has 0 saturated heterocycles. The van der Waals surface area contributed by atoms with Crippen LogP contribution >= 0.6 is 0 Å². The van der Waals surface area contributed by atoms with Crippen LogP contribution in [0.4, 0.5) is 5.69 Å². The minimum atomic E-state index is -4.01. The molecule has 0 aromatic heterocycles. The van der Waals surface area contributed by atoms with Gasteiger partial charge in [-0.3, -0.25) is 10.1 Å². The van der Waals surface area contributed by atoms with Gasteiger partial charge in [-0.1, -0.05) is 23.8 Å². The van der Waals surface area contributed by atoms with E-state index >= 15 is 0 Å². The van der Waals surface area contributed by atoms with Crippen molar-refractivity contribution in [3.63, 3.8) is 0 Å². The van der Waals surface area contributed by atoms with Gasteiger partial charge in [-0.05, 0) is 32.0 Å². The lowest BCUT2D eigenvalue weighted by Crippen LogP contribution is -2.34. The van der Waals surface area contributed by atoms with E-state index in [1.54, 1.807) is 12.1 Å². The summed E-state index contributed by atoms with van der Waals surface area (Å²) in [6.07, 6.45) is 0. The van der Waals surface area contributed by atoms with Crippen LogP contribution in [0.5, 0.6) is 0 Å². The van der Waals surface area contributed by atoms with Crippen LogP contribution in [0.3, 0.4) is 0 Å². The molecule has 2 rings (SSSR count). The van der Waals surface area contributed by atoms with Gasteiger partial charge in [0, 0.05) is 24.7 Å². The first-order chi connectivity index (χ1) is 12.5. The fourth-order valence-corrected chi connectivity index (χ4v) is 4.29. The van der Waals surface area contributed by atoms with E-state index in [1.165, 1.54) is 31.2 Å². The first kappa shape index (κ1) is 21.0. The van der Waals surface area contributed by atoms with Crippen LogP contribution < -0.4 is 9.44 Å². The molecule has 27 heavy (non-hydrogen) atoms. The maximum Gasteiger partial charge on any atom is 0.273 e. The Morgan fingerprint density at radius 1 is 0.852 bits per heavy atom. The zero-order chi connectivity index (χ0) is 20.2. The SMILES string of the molecule is Cc1ccc(S(=O)(=O)NCCNS(=O)(=O)c2ccc(C)c([N+](=O)[O-])c2)cc1. The standard InChI is InChI=1S/C16H19N3O6S2/c1-12-3-6-14(7-4-12)26(22,23)17-9-10-18-27(24,25)15-8-5-13(2)16(11-15)19(20)21/h3-8,11,17-18H,9-10H2,1-2H3. The number of sulfonamides is 2. The zero-order valence-electron chi connectivity index (χ0n) is 14.7. The Balaban J connectivity index is 2.01. The summed E-state index contributed by atoms with van der Waals surface area (Å²) < 4.78 is 53.3. The molecule has 0 aliphatic rings. The molecule has 2 aromatic carbocycles. The maximum absolute atomic E-state index is 12.2. The number of nitro benzene ring substituents is 1. The largest absolute Gasteiger partial charge is 0.273 e. The second-order valence-corrected chi connectivity index (χ2v) is 9.35. The Morgan fingerprint density at radius 2 is 1.33 bits per heavy atom. The van der Waals surface area contributed by atoms with Crippen molar-refractivity contribution < 1.29 is 21.8 Å². The lowest BCUT2D eigenvalue weighted by molar-refractivity contribution is -0.385. The summed E-state index contributed by atoms with van der Waals surface area (Å²) in [5.41, 5.74) is 0.941. The fraction of sp³-hybridized carbons (Fsp3) is 0.250. The normalized spacial score (nSPS) is 12.1. The van der Waals surface area contributed by atoms with Crippen LogP contribution in [-0.4, -0.2) is 34.8 Å². The highest BCUT2D eigenvalue weighted by molar-refractivity contribution is 7.89. The van der Waals surface area contributed by atoms with E-state index in [9.17, 15) is 26.9 Å². The topological polar surface area (TPSA) is 135 Å². The number of rotatable bonds is 8. The van der Waals surface area contributed by atoms with E-state index in [0.29, 0.717) is 5.56 Å². The molecule has 0 amide bonds. The molecule has 0 radical (unpaired) electrons. The number of hydrogen-bond acceptors (Lipinski definition) is 6. The third-order valence-corrected chi connectivity index (χ3v) is 6.66. The van der Waals surface area contributed by atoms with Gasteiger partial charge >= 0.3 is 0 Å². The van der Waals surface area contributed by atoms with Crippen LogP contribution in [0.1, 0.15) is 11.1 Å². The molecule has 0 saturated carbocycles. The first-order valence-corrected chi connectivity index (χ1v) is 10.8. The molecule has 0 atom stereocenters. The van der Waals surface area contributed by atoms with Crippen LogP contribution in [0, 0.1) is 24.0 Å². The number of nitrogens with one attached hydrogen (secondary N) is 2. The van der Waals surface area contributed by atoms with Crippen molar-refractivity contribution in [2.45, 2.75) is 23.6 Å². The predicted octanol–water partition coefficient (Wildman–Crippen LogP) is 1.47. The van der Waals surface area contributed by atoms with Crippen LogP contribution in [0.15, 0.2) is 52.3 Å². The molecule has 0 bridgehead atoms. The van der Waals surface area contributed by atoms with E-state index in [2.05, 4.69) is 9.44 Å². The smallest absolute Gasteiger partial charge is 0.258 e. The van der Waals surface area contributed by atoms with Gasteiger partial charge in [-0.2, -0.15) is 0 Å². The van der Waals surface area contributed by atoms with Gasteiger partial charge in [0.1, 0.15) is 0 Å². The molecule has 0 aliphatic heterocycles. The van der Waals surface area contributed by atoms with Crippen molar-refractivity contribution in [2.75, 3.05) is 13.1 Å². The van der Waals surface area contributed by atoms with Gasteiger partial charge in [0.15, 0.2) is 0 Å². The monoisotopic (exact) mass is 413 g/mol. The molecule has 11 heteroatoms. The minimum Gasteiger partial charge on any atom is -0.258 e. The molecule has 2 aromatic rings. The van der Waals surface area contributed by atoms with Crippen molar-refractivity contribution >= 4 is 25.7 Å². The zero-order valence-corrected chi connectivity index (χ0v) is 16.3. The summed E-state index contributed by atoms with van der Waals surface area (Å²) in [4.78, 5) is 10.1. The average molecular weight is 413 g/mol. The van der Waals surface area contributed by atoms with Crippen LogP contribution in [0.25, 0.3) is 0 Å². The first-order valence-electron chi connectivity index (χ1n) is 7.84. The van der Waals surface area contributed by atoms with Gasteiger partial charge in [-0.15, -0.1) is 0 Å². The summed E-state index contributed by atoms with van der Waals surface area (Å²) >= 11 is 0. The number of nitrogens with zero attached hydrogens (tertiary/aromatic N) is 1. The number of aryl methyl sites for hydroxylation is 2. The number of benzene rings is 2. The summed E-state index contributed by atoms with van der Waals surface area (Å²) in [6.45, 7) is 2.94. The van der Waals surface area contributed by atoms with Crippen molar-refractivity contribution in [1.29, 1.82) is 0 Å². The minimum absolute atomic E-state index is 0.0742. The summed E-state index contributed by atoms with van der Waals surface area (Å²) in [7, 11) is -7.77. The van der Waals surface area contributed by atoms with Crippen LogP contribution in [0.2, 0.25) is 0 Å². The second kappa shape index (κ2) is 8.13. The third kappa shape index (κ3) is 5.32. The lowest BCUT2D eigenvalue weighted by Gasteiger charge is -2.09. The Hall–Kier alpha value is -2.34. The Labute approximate surface area is 157 Å². The van der Waals surface area contributed by atoms with Crippen molar-refractivity contribution in [2.24, 2.45) is 0 Å². The molecule has 2 N–H and O–H groups in total. The molecule has 9 nitrogen and oxygen atoms in total. The summed E-state index contributed by atoms with van der Waals surface area (Å²) in [6, 6.07) is 9.77. The second-order valence-electron chi connectivity index (χ2n) is 5.81. The molecular formula is C16H19N3O6S2. The Bertz CT molecular complexity index is 1050. The average Bonchev–Trinajstić information content (AvgIpc) is 2.59. The molecule has 146 valence electrons. The maximum atomic E-state index is 12.2.